The van der Waals surface area contributed by atoms with Gasteiger partial charge in [0.1, 0.15) is 24.1 Å². The van der Waals surface area contributed by atoms with E-state index in [0.717, 1.165) is 80.0 Å². The number of carbonyl (C=O) groups is 4. The molecule has 23 heteroatoms. The average molecular weight is 1230 g/mol. The van der Waals surface area contributed by atoms with Gasteiger partial charge in [-0.05, 0) is 124 Å². The minimum Gasteiger partial charge on any atom is -0.494 e. The molecule has 0 saturated carbocycles. The molecule has 2 saturated heterocycles. The van der Waals surface area contributed by atoms with Crippen molar-refractivity contribution in [2.75, 3.05) is 137 Å². The number of halogens is 1. The van der Waals surface area contributed by atoms with Gasteiger partial charge in [0.05, 0.1) is 70.6 Å². The molecule has 2 fully saturated rings. The fraction of sp³-hybridized carbons (Fsp3) is 0.484. The van der Waals surface area contributed by atoms with E-state index in [4.69, 9.17) is 40.0 Å². The fourth-order valence-electron chi connectivity index (χ4n) is 9.91. The third-order valence-electron chi connectivity index (χ3n) is 15.0. The smallest absolute Gasteiger partial charge is 0.325 e. The minimum absolute atomic E-state index is 0.0464. The van der Waals surface area contributed by atoms with E-state index >= 15 is 0 Å². The molecule has 2 aromatic heterocycles. The SMILES string of the molecule is CN(CCCCOc1ccc(CCC(=O)N(CC2CCOCC2)C(C(=O)NCc2ccc(Cl)cc2)c2ccccc2)cc1)CCOCCOCCc1cn(CCOCCOc2ccc(NC(=O)Nc3nc(CC(=O)N4CCN(C)CC4)cs3)cc2)nn1. The molecule has 0 aliphatic carbocycles. The fourth-order valence-corrected chi connectivity index (χ4v) is 10.7. The number of benzene rings is 4. The van der Waals surface area contributed by atoms with Gasteiger partial charge in [0.15, 0.2) is 5.13 Å². The Labute approximate surface area is 519 Å². The van der Waals surface area contributed by atoms with Crippen LogP contribution < -0.4 is 25.4 Å². The standard InChI is InChI=1S/C64H84ClN11O10S/c1-72(27-6-7-34-85-57-19-12-49(13-20-57)14-23-59(77)76(46-51-24-35-81-36-25-51)61(52-8-4-3-5-9-52)62(79)66-45-50-10-15-53(65)16-11-50)32-38-83-41-40-82-37-26-55-47-75(71-70-55)33-39-84-42-43-86-58-21-17-54(18-22-58)67-63(80)69-64-68-56(48-87-64)44-60(78)74-30-28-73(2)29-31-74/h3-5,8-13,15-22,47-48,51,61H,6-7,14,23-46H2,1-2H3,(H,66,79)(H2,67,68,69,80). The summed E-state index contributed by atoms with van der Waals surface area (Å²) < 4.78 is 36.6. The van der Waals surface area contributed by atoms with Gasteiger partial charge < -0.3 is 58.7 Å². The Morgan fingerprint density at radius 1 is 0.736 bits per heavy atom. The van der Waals surface area contributed by atoms with Crippen LogP contribution in [0.25, 0.3) is 0 Å². The molecule has 468 valence electrons. The molecule has 1 unspecified atom stereocenters. The average Bonchev–Trinajstić information content (AvgIpc) is 4.27. The molecule has 4 heterocycles. The number of anilines is 2. The lowest BCUT2D eigenvalue weighted by atomic mass is 9.96. The first-order valence-electron chi connectivity index (χ1n) is 30.2. The summed E-state index contributed by atoms with van der Waals surface area (Å²) in [6.45, 7) is 11.5. The van der Waals surface area contributed by atoms with Gasteiger partial charge in [-0.25, -0.2) is 14.5 Å². The molecule has 87 heavy (non-hydrogen) atoms. The third kappa shape index (κ3) is 23.5. The van der Waals surface area contributed by atoms with Gasteiger partial charge in [0.2, 0.25) is 17.7 Å². The third-order valence-corrected chi connectivity index (χ3v) is 16.1. The Morgan fingerprint density at radius 2 is 1.43 bits per heavy atom. The number of thiazole rings is 1. The van der Waals surface area contributed by atoms with E-state index in [1.165, 1.54) is 11.3 Å². The zero-order valence-corrected chi connectivity index (χ0v) is 51.7. The highest BCUT2D eigenvalue weighted by atomic mass is 35.5. The lowest BCUT2D eigenvalue weighted by molar-refractivity contribution is -0.142. The second kappa shape index (κ2) is 36.3. The van der Waals surface area contributed by atoms with Gasteiger partial charge in [-0.15, -0.1) is 16.4 Å². The first-order valence-corrected chi connectivity index (χ1v) is 31.4. The van der Waals surface area contributed by atoms with Crippen LogP contribution in [-0.4, -0.2) is 189 Å². The normalized spacial score (nSPS) is 14.2. The number of nitrogens with one attached hydrogen (secondary N) is 3. The molecule has 1 atom stereocenters. The van der Waals surface area contributed by atoms with E-state index < -0.39 is 12.1 Å². The molecular formula is C64H84ClN11O10S. The largest absolute Gasteiger partial charge is 0.494 e. The van der Waals surface area contributed by atoms with Crippen LogP contribution in [0.5, 0.6) is 11.5 Å². The number of carbonyl (C=O) groups excluding carboxylic acids is 4. The maximum Gasteiger partial charge on any atom is 0.325 e. The zero-order valence-electron chi connectivity index (χ0n) is 50.2. The first-order chi connectivity index (χ1) is 42.5. The minimum atomic E-state index is -0.774. The van der Waals surface area contributed by atoms with Crippen molar-refractivity contribution in [2.24, 2.45) is 5.92 Å². The van der Waals surface area contributed by atoms with Gasteiger partial charge in [-0.3, -0.25) is 19.7 Å². The van der Waals surface area contributed by atoms with Crippen LogP contribution >= 0.6 is 22.9 Å². The van der Waals surface area contributed by atoms with E-state index in [1.807, 2.05) is 84.9 Å². The number of likely N-dealkylation sites (N-methyl/N-ethyl adjacent to an activating group) is 2. The lowest BCUT2D eigenvalue weighted by Crippen LogP contribution is -2.47. The predicted molar refractivity (Wildman–Crippen MR) is 335 cm³/mol. The molecule has 8 rings (SSSR count). The second-order valence-corrected chi connectivity index (χ2v) is 23.1. The number of aromatic nitrogens is 4. The highest BCUT2D eigenvalue weighted by molar-refractivity contribution is 7.14. The van der Waals surface area contributed by atoms with Crippen molar-refractivity contribution >= 4 is 57.5 Å². The first kappa shape index (κ1) is 65.9. The number of urea groups is 1. The molecule has 0 radical (unpaired) electrons. The Hall–Kier alpha value is -7.02. The van der Waals surface area contributed by atoms with Gasteiger partial charge in [-0.1, -0.05) is 71.4 Å². The second-order valence-electron chi connectivity index (χ2n) is 21.8. The highest BCUT2D eigenvalue weighted by Gasteiger charge is 2.33. The summed E-state index contributed by atoms with van der Waals surface area (Å²) in [6.07, 6.45) is 7.15. The monoisotopic (exact) mass is 1230 g/mol. The van der Waals surface area contributed by atoms with Gasteiger partial charge in [-0.2, -0.15) is 0 Å². The van der Waals surface area contributed by atoms with E-state index in [2.05, 4.69) is 48.1 Å². The maximum atomic E-state index is 14.3. The summed E-state index contributed by atoms with van der Waals surface area (Å²) in [5.74, 6) is 1.45. The molecule has 6 aromatic rings. The molecule has 21 nitrogen and oxygen atoms in total. The van der Waals surface area contributed by atoms with Crippen molar-refractivity contribution in [1.82, 2.24) is 44.9 Å². The van der Waals surface area contributed by atoms with E-state index in [9.17, 15) is 19.2 Å². The molecule has 2 aliphatic rings. The number of nitrogens with zero attached hydrogens (tertiary/aromatic N) is 8. The highest BCUT2D eigenvalue weighted by Crippen LogP contribution is 2.28. The number of hydrogen-bond donors (Lipinski definition) is 3. The molecule has 4 aromatic carbocycles. The van der Waals surface area contributed by atoms with Crippen LogP contribution in [0, 0.1) is 5.92 Å². The number of piperazine rings is 1. The quantitative estimate of drug-likeness (QED) is 0.0317. The van der Waals surface area contributed by atoms with Crippen LogP contribution in [0.15, 0.2) is 115 Å². The molecule has 2 aliphatic heterocycles. The number of hydrogen-bond acceptors (Lipinski definition) is 16. The van der Waals surface area contributed by atoms with Crippen molar-refractivity contribution in [1.29, 1.82) is 0 Å². The molecular weight excluding hydrogens is 1150 g/mol. The van der Waals surface area contributed by atoms with Crippen molar-refractivity contribution in [3.63, 3.8) is 0 Å². The van der Waals surface area contributed by atoms with Crippen LogP contribution in [-0.2, 0) is 65.7 Å². The van der Waals surface area contributed by atoms with Crippen molar-refractivity contribution in [3.05, 3.63) is 148 Å². The van der Waals surface area contributed by atoms with Crippen molar-refractivity contribution < 1.29 is 47.6 Å². The maximum absolute atomic E-state index is 14.3. The summed E-state index contributed by atoms with van der Waals surface area (Å²) >= 11 is 7.39. The van der Waals surface area contributed by atoms with E-state index in [0.29, 0.717) is 139 Å². The molecule has 0 bridgehead atoms. The number of aryl methyl sites for hydroxylation is 1. The molecule has 3 N–H and O–H groups in total. The Bertz CT molecular complexity index is 2980. The Morgan fingerprint density at radius 3 is 2.18 bits per heavy atom. The predicted octanol–water partition coefficient (Wildman–Crippen LogP) is 8.06. The van der Waals surface area contributed by atoms with Gasteiger partial charge in [0, 0.05) is 94.2 Å². The Balaban J connectivity index is 0.613. The summed E-state index contributed by atoms with van der Waals surface area (Å²) in [4.78, 5) is 66.1. The number of ether oxygens (including phenoxy) is 6. The van der Waals surface area contributed by atoms with E-state index in [-0.39, 0.29) is 36.5 Å². The van der Waals surface area contributed by atoms with E-state index in [1.54, 1.807) is 51.4 Å². The summed E-state index contributed by atoms with van der Waals surface area (Å²) in [7, 11) is 4.14. The number of unbranched alkanes of at least 4 members (excludes halogenated alkanes) is 1. The van der Waals surface area contributed by atoms with Crippen LogP contribution in [0.2, 0.25) is 5.02 Å². The Kier molecular flexibility index (Phi) is 27.5. The molecule has 0 spiro atoms. The summed E-state index contributed by atoms with van der Waals surface area (Å²) in [6, 6.07) is 30.8. The number of rotatable bonds is 36. The molecule has 5 amide bonds. The van der Waals surface area contributed by atoms with Crippen LogP contribution in [0.4, 0.5) is 15.6 Å². The zero-order chi connectivity index (χ0) is 60.8. The summed E-state index contributed by atoms with van der Waals surface area (Å²) in [5.41, 5.74) is 4.81. The number of amides is 5. The van der Waals surface area contributed by atoms with Gasteiger partial charge >= 0.3 is 6.03 Å². The van der Waals surface area contributed by atoms with Crippen LogP contribution in [0.1, 0.15) is 66.2 Å². The summed E-state index contributed by atoms with van der Waals surface area (Å²) in [5, 5.41) is 19.9. The lowest BCUT2D eigenvalue weighted by Gasteiger charge is -2.35. The van der Waals surface area contributed by atoms with Crippen molar-refractivity contribution in [2.45, 2.75) is 70.5 Å². The van der Waals surface area contributed by atoms with Crippen molar-refractivity contribution in [3.8, 4) is 11.5 Å². The van der Waals surface area contributed by atoms with Crippen LogP contribution in [0.3, 0.4) is 0 Å². The van der Waals surface area contributed by atoms with Gasteiger partial charge in [0.25, 0.3) is 0 Å². The topological polar surface area (TPSA) is 216 Å².